The number of carbonyl (C=O) groups excluding carboxylic acids is 1. The van der Waals surface area contributed by atoms with Gasteiger partial charge in [0.05, 0.1) is 5.69 Å². The average molecular weight is 289 g/mol. The number of halogens is 1. The third-order valence-electron chi connectivity index (χ3n) is 3.63. The highest BCUT2D eigenvalue weighted by Gasteiger charge is 2.20. The van der Waals surface area contributed by atoms with Gasteiger partial charge >= 0.3 is 0 Å². The summed E-state index contributed by atoms with van der Waals surface area (Å²) in [7, 11) is 0. The topological polar surface area (TPSA) is 67.2 Å². The molecular formula is C15H16FN3O2. The molecule has 110 valence electrons. The van der Waals surface area contributed by atoms with Gasteiger partial charge in [0.2, 0.25) is 0 Å². The second-order valence-electron chi connectivity index (χ2n) is 4.92. The predicted octanol–water partition coefficient (Wildman–Crippen LogP) is 2.27. The number of carbonyl (C=O) groups is 1. The molecule has 1 aliphatic heterocycles. The first-order valence-corrected chi connectivity index (χ1v) is 6.95. The minimum absolute atomic E-state index is 0.186. The molecule has 0 saturated carbocycles. The van der Waals surface area contributed by atoms with E-state index in [2.05, 4.69) is 15.6 Å². The van der Waals surface area contributed by atoms with E-state index in [0.717, 1.165) is 12.1 Å². The van der Waals surface area contributed by atoms with E-state index in [0.29, 0.717) is 30.7 Å². The quantitative estimate of drug-likeness (QED) is 0.909. The summed E-state index contributed by atoms with van der Waals surface area (Å²) in [5, 5.41) is 5.77. The SMILES string of the molecule is CCc1ocnc1C(=O)Nc1ccc2c(c1F)CCNC2. The van der Waals surface area contributed by atoms with Gasteiger partial charge in [-0.15, -0.1) is 0 Å². The summed E-state index contributed by atoms with van der Waals surface area (Å²) in [6, 6.07) is 3.43. The number of benzene rings is 1. The van der Waals surface area contributed by atoms with Crippen molar-refractivity contribution in [1.82, 2.24) is 10.3 Å². The van der Waals surface area contributed by atoms with Gasteiger partial charge in [0, 0.05) is 13.0 Å². The third-order valence-corrected chi connectivity index (χ3v) is 3.63. The zero-order valence-electron chi connectivity index (χ0n) is 11.7. The molecule has 0 spiro atoms. The van der Waals surface area contributed by atoms with Gasteiger partial charge in [-0.05, 0) is 30.2 Å². The summed E-state index contributed by atoms with van der Waals surface area (Å²) >= 11 is 0. The van der Waals surface area contributed by atoms with Crippen molar-refractivity contribution in [2.75, 3.05) is 11.9 Å². The molecule has 1 aliphatic rings. The first kappa shape index (κ1) is 13.8. The largest absolute Gasteiger partial charge is 0.448 e. The van der Waals surface area contributed by atoms with Crippen LogP contribution in [0.25, 0.3) is 0 Å². The number of nitrogens with one attached hydrogen (secondary N) is 2. The molecule has 0 radical (unpaired) electrons. The Balaban J connectivity index is 1.87. The number of aryl methyl sites for hydroxylation is 1. The van der Waals surface area contributed by atoms with Crippen molar-refractivity contribution in [2.45, 2.75) is 26.3 Å². The second kappa shape index (κ2) is 5.65. The van der Waals surface area contributed by atoms with Gasteiger partial charge in [0.15, 0.2) is 12.1 Å². The van der Waals surface area contributed by atoms with Gasteiger partial charge < -0.3 is 15.1 Å². The molecule has 2 heterocycles. The molecule has 5 nitrogen and oxygen atoms in total. The zero-order chi connectivity index (χ0) is 14.8. The Labute approximate surface area is 121 Å². The van der Waals surface area contributed by atoms with Gasteiger partial charge in [-0.2, -0.15) is 0 Å². The van der Waals surface area contributed by atoms with E-state index in [4.69, 9.17) is 4.42 Å². The molecule has 3 rings (SSSR count). The van der Waals surface area contributed by atoms with Crippen molar-refractivity contribution < 1.29 is 13.6 Å². The van der Waals surface area contributed by atoms with Crippen LogP contribution in [0.1, 0.15) is 34.3 Å². The summed E-state index contributed by atoms with van der Waals surface area (Å²) in [4.78, 5) is 16.1. The van der Waals surface area contributed by atoms with E-state index in [9.17, 15) is 9.18 Å². The van der Waals surface area contributed by atoms with Crippen molar-refractivity contribution in [3.63, 3.8) is 0 Å². The Hall–Kier alpha value is -2.21. The van der Waals surface area contributed by atoms with E-state index in [1.165, 1.54) is 6.39 Å². The molecule has 21 heavy (non-hydrogen) atoms. The number of amides is 1. The number of fused-ring (bicyclic) bond motifs is 1. The van der Waals surface area contributed by atoms with Gasteiger partial charge in [0.25, 0.3) is 5.91 Å². The third kappa shape index (κ3) is 2.54. The molecule has 0 aliphatic carbocycles. The lowest BCUT2D eigenvalue weighted by atomic mass is 9.99. The standard InChI is InChI=1S/C15H16FN3O2/c1-2-12-14(18-8-21-12)15(20)19-11-4-3-9-7-17-6-5-10(9)13(11)16/h3-4,8,17H,2,5-7H2,1H3,(H,19,20). The van der Waals surface area contributed by atoms with Gasteiger partial charge in [-0.3, -0.25) is 4.79 Å². The minimum Gasteiger partial charge on any atom is -0.448 e. The Morgan fingerprint density at radius 3 is 3.19 bits per heavy atom. The molecule has 2 N–H and O–H groups in total. The van der Waals surface area contributed by atoms with Crippen LogP contribution in [0, 0.1) is 5.82 Å². The lowest BCUT2D eigenvalue weighted by molar-refractivity contribution is 0.102. The summed E-state index contributed by atoms with van der Waals surface area (Å²) < 4.78 is 19.6. The van der Waals surface area contributed by atoms with Crippen LogP contribution in [0.15, 0.2) is 22.9 Å². The summed E-state index contributed by atoms with van der Waals surface area (Å²) in [5.41, 5.74) is 2.00. The fourth-order valence-electron chi connectivity index (χ4n) is 2.52. The maximum Gasteiger partial charge on any atom is 0.277 e. The normalized spacial score (nSPS) is 13.8. The Bertz CT molecular complexity index is 682. The summed E-state index contributed by atoms with van der Waals surface area (Å²) in [6.07, 6.45) is 2.40. The van der Waals surface area contributed by atoms with Crippen LogP contribution in [-0.2, 0) is 19.4 Å². The molecule has 0 bridgehead atoms. The monoisotopic (exact) mass is 289 g/mol. The Kier molecular flexibility index (Phi) is 3.70. The van der Waals surface area contributed by atoms with Crippen LogP contribution in [0.3, 0.4) is 0 Å². The van der Waals surface area contributed by atoms with E-state index in [1.54, 1.807) is 6.07 Å². The zero-order valence-corrected chi connectivity index (χ0v) is 11.7. The van der Waals surface area contributed by atoms with Crippen molar-refractivity contribution in [2.24, 2.45) is 0 Å². The molecule has 0 fully saturated rings. The van der Waals surface area contributed by atoms with Crippen LogP contribution < -0.4 is 10.6 Å². The van der Waals surface area contributed by atoms with Crippen LogP contribution in [0.4, 0.5) is 10.1 Å². The molecule has 6 heteroatoms. The van der Waals surface area contributed by atoms with Gasteiger partial charge in [0.1, 0.15) is 11.6 Å². The number of aromatic nitrogens is 1. The predicted molar refractivity (Wildman–Crippen MR) is 75.6 cm³/mol. The number of hydrogen-bond donors (Lipinski definition) is 2. The maximum atomic E-state index is 14.5. The molecule has 0 atom stereocenters. The number of rotatable bonds is 3. The number of hydrogen-bond acceptors (Lipinski definition) is 4. The van der Waals surface area contributed by atoms with Gasteiger partial charge in [-0.1, -0.05) is 13.0 Å². The number of nitrogens with zero attached hydrogens (tertiary/aromatic N) is 1. The van der Waals surface area contributed by atoms with E-state index in [-0.39, 0.29) is 17.2 Å². The minimum atomic E-state index is -0.451. The highest BCUT2D eigenvalue weighted by molar-refractivity contribution is 6.03. The van der Waals surface area contributed by atoms with Crippen LogP contribution in [0.2, 0.25) is 0 Å². The molecule has 1 aromatic carbocycles. The first-order valence-electron chi connectivity index (χ1n) is 6.95. The van der Waals surface area contributed by atoms with Crippen molar-refractivity contribution in [3.05, 3.63) is 46.9 Å². The van der Waals surface area contributed by atoms with E-state index < -0.39 is 5.91 Å². The molecule has 1 amide bonds. The fraction of sp³-hybridized carbons (Fsp3) is 0.333. The van der Waals surface area contributed by atoms with Gasteiger partial charge in [-0.25, -0.2) is 9.37 Å². The van der Waals surface area contributed by atoms with Crippen molar-refractivity contribution in [3.8, 4) is 0 Å². The maximum absolute atomic E-state index is 14.5. The molecule has 0 saturated heterocycles. The van der Waals surface area contributed by atoms with Crippen LogP contribution in [0.5, 0.6) is 0 Å². The molecular weight excluding hydrogens is 273 g/mol. The highest BCUT2D eigenvalue weighted by atomic mass is 19.1. The second-order valence-corrected chi connectivity index (χ2v) is 4.92. The molecule has 2 aromatic rings. The van der Waals surface area contributed by atoms with Crippen molar-refractivity contribution in [1.29, 1.82) is 0 Å². The smallest absolute Gasteiger partial charge is 0.277 e. The molecule has 1 aromatic heterocycles. The van der Waals surface area contributed by atoms with Crippen LogP contribution >= 0.6 is 0 Å². The fourth-order valence-corrected chi connectivity index (χ4v) is 2.52. The Morgan fingerprint density at radius 1 is 1.52 bits per heavy atom. The van der Waals surface area contributed by atoms with Crippen molar-refractivity contribution >= 4 is 11.6 Å². The summed E-state index contributed by atoms with van der Waals surface area (Å²) in [6.45, 7) is 3.26. The first-order chi connectivity index (χ1) is 10.2. The van der Waals surface area contributed by atoms with E-state index in [1.807, 2.05) is 13.0 Å². The lowest BCUT2D eigenvalue weighted by Gasteiger charge is -2.19. The van der Waals surface area contributed by atoms with E-state index >= 15 is 0 Å². The highest BCUT2D eigenvalue weighted by Crippen LogP contribution is 2.25. The Morgan fingerprint density at radius 2 is 2.38 bits per heavy atom. The number of anilines is 1. The summed E-state index contributed by atoms with van der Waals surface area (Å²) in [5.74, 6) is -0.313. The van der Waals surface area contributed by atoms with Crippen LogP contribution in [-0.4, -0.2) is 17.4 Å². The lowest BCUT2D eigenvalue weighted by Crippen LogP contribution is -2.25. The average Bonchev–Trinajstić information content (AvgIpc) is 2.99. The number of oxazole rings is 1. The molecule has 0 unspecified atom stereocenters.